The highest BCUT2D eigenvalue weighted by Gasteiger charge is 2.28. The molecule has 0 amide bonds. The molecule has 82 valence electrons. The molecule has 6 nitrogen and oxygen atoms in total. The van der Waals surface area contributed by atoms with E-state index in [-0.39, 0.29) is 11.9 Å². The van der Waals surface area contributed by atoms with Gasteiger partial charge in [-0.2, -0.15) is 4.98 Å². The Labute approximate surface area is 87.3 Å². The van der Waals surface area contributed by atoms with Crippen LogP contribution in [-0.2, 0) is 0 Å². The van der Waals surface area contributed by atoms with E-state index in [0.717, 1.165) is 13.0 Å². The van der Waals surface area contributed by atoms with Crippen LogP contribution in [0.5, 0.6) is 0 Å². The zero-order valence-electron chi connectivity index (χ0n) is 8.77. The van der Waals surface area contributed by atoms with Gasteiger partial charge in [0.05, 0.1) is 6.04 Å². The number of nitrogens with zero attached hydrogens (tertiary/aromatic N) is 3. The van der Waals surface area contributed by atoms with E-state index in [4.69, 9.17) is 5.11 Å². The molecule has 0 bridgehead atoms. The Morgan fingerprint density at radius 3 is 3.07 bits per heavy atom. The summed E-state index contributed by atoms with van der Waals surface area (Å²) in [4.78, 5) is 14.7. The van der Waals surface area contributed by atoms with E-state index in [2.05, 4.69) is 29.2 Å². The molecule has 0 spiro atoms. The average Bonchev–Trinajstić information content (AvgIpc) is 2.61. The second-order valence-corrected chi connectivity index (χ2v) is 3.84. The van der Waals surface area contributed by atoms with Crippen LogP contribution >= 0.6 is 0 Å². The Kier molecular flexibility index (Phi) is 2.34. The number of anilines is 1. The molecule has 0 fully saturated rings. The molecule has 0 saturated carbocycles. The molecular formula is C9H14N4O2. The van der Waals surface area contributed by atoms with Crippen LogP contribution in [0.25, 0.3) is 0 Å². The summed E-state index contributed by atoms with van der Waals surface area (Å²) in [7, 11) is 0. The molecule has 1 aromatic heterocycles. The fraction of sp³-hybridized carbons (Fsp3) is 0.667. The molecule has 2 rings (SSSR count). The molecule has 0 saturated heterocycles. The van der Waals surface area contributed by atoms with E-state index in [1.54, 1.807) is 4.68 Å². The van der Waals surface area contributed by atoms with Crippen molar-refractivity contribution in [2.24, 2.45) is 5.92 Å². The second kappa shape index (κ2) is 3.52. The Balaban J connectivity index is 2.40. The Hall–Kier alpha value is -1.59. The largest absolute Gasteiger partial charge is 0.475 e. The van der Waals surface area contributed by atoms with Crippen LogP contribution in [0, 0.1) is 5.92 Å². The van der Waals surface area contributed by atoms with E-state index < -0.39 is 5.97 Å². The quantitative estimate of drug-likeness (QED) is 0.760. The van der Waals surface area contributed by atoms with E-state index in [1.807, 2.05) is 0 Å². The number of hydrogen-bond donors (Lipinski definition) is 2. The SMILES string of the molecule is CCC1C(C)CNc2nc(C(=O)O)nn21. The maximum atomic E-state index is 10.7. The lowest BCUT2D eigenvalue weighted by molar-refractivity contribution is 0.0682. The van der Waals surface area contributed by atoms with Gasteiger partial charge < -0.3 is 10.4 Å². The summed E-state index contributed by atoms with van der Waals surface area (Å²) in [6.07, 6.45) is 0.929. The summed E-state index contributed by atoms with van der Waals surface area (Å²) < 4.78 is 1.69. The standard InChI is InChI=1S/C9H14N4O2/c1-3-6-5(2)4-10-9-11-7(8(14)15)12-13(6)9/h5-6H,3-4H2,1-2H3,(H,14,15)(H,10,11,12). The lowest BCUT2D eigenvalue weighted by atomic mass is 9.98. The van der Waals surface area contributed by atoms with Crippen molar-refractivity contribution < 1.29 is 9.90 Å². The minimum Gasteiger partial charge on any atom is -0.475 e. The van der Waals surface area contributed by atoms with Crippen LogP contribution in [0.15, 0.2) is 0 Å². The van der Waals surface area contributed by atoms with Gasteiger partial charge in [-0.15, -0.1) is 5.10 Å². The zero-order chi connectivity index (χ0) is 11.0. The summed E-state index contributed by atoms with van der Waals surface area (Å²) in [5.74, 6) is -0.213. The lowest BCUT2D eigenvalue weighted by Crippen LogP contribution is -2.31. The normalized spacial score (nSPS) is 24.4. The molecule has 1 aromatic rings. The highest BCUT2D eigenvalue weighted by Crippen LogP contribution is 2.28. The maximum absolute atomic E-state index is 10.7. The summed E-state index contributed by atoms with van der Waals surface area (Å²) in [6.45, 7) is 5.00. The van der Waals surface area contributed by atoms with Gasteiger partial charge in [0.15, 0.2) is 0 Å². The fourth-order valence-corrected chi connectivity index (χ4v) is 1.97. The molecule has 1 aliphatic rings. The first-order chi connectivity index (χ1) is 7.13. The van der Waals surface area contributed by atoms with Gasteiger partial charge in [-0.3, -0.25) is 0 Å². The Bertz CT molecular complexity index is 387. The van der Waals surface area contributed by atoms with Crippen molar-refractivity contribution in [1.82, 2.24) is 14.8 Å². The van der Waals surface area contributed by atoms with Crippen molar-refractivity contribution in [3.63, 3.8) is 0 Å². The number of carboxylic acids is 1. The highest BCUT2D eigenvalue weighted by atomic mass is 16.4. The molecule has 2 unspecified atom stereocenters. The minimum absolute atomic E-state index is 0.134. The summed E-state index contributed by atoms with van der Waals surface area (Å²) in [6, 6.07) is 0.238. The lowest BCUT2D eigenvalue weighted by Gasteiger charge is -2.29. The predicted molar refractivity (Wildman–Crippen MR) is 54.0 cm³/mol. The third-order valence-electron chi connectivity index (χ3n) is 2.79. The van der Waals surface area contributed by atoms with Crippen LogP contribution in [-0.4, -0.2) is 32.4 Å². The van der Waals surface area contributed by atoms with E-state index in [0.29, 0.717) is 11.9 Å². The average molecular weight is 210 g/mol. The number of nitrogens with one attached hydrogen (secondary N) is 1. The van der Waals surface area contributed by atoms with Crippen LogP contribution in [0.3, 0.4) is 0 Å². The minimum atomic E-state index is -1.08. The summed E-state index contributed by atoms with van der Waals surface area (Å²) in [5, 5.41) is 15.9. The monoisotopic (exact) mass is 210 g/mol. The molecule has 6 heteroatoms. The summed E-state index contributed by atoms with van der Waals surface area (Å²) in [5.41, 5.74) is 0. The van der Waals surface area contributed by atoms with E-state index >= 15 is 0 Å². The van der Waals surface area contributed by atoms with Crippen LogP contribution in [0.4, 0.5) is 5.95 Å². The van der Waals surface area contributed by atoms with Gasteiger partial charge in [0.25, 0.3) is 5.82 Å². The van der Waals surface area contributed by atoms with Gasteiger partial charge >= 0.3 is 5.97 Å². The van der Waals surface area contributed by atoms with Crippen LogP contribution in [0.2, 0.25) is 0 Å². The Morgan fingerprint density at radius 1 is 1.73 bits per heavy atom. The second-order valence-electron chi connectivity index (χ2n) is 3.84. The van der Waals surface area contributed by atoms with Gasteiger partial charge in [-0.1, -0.05) is 13.8 Å². The van der Waals surface area contributed by atoms with Gasteiger partial charge in [0.2, 0.25) is 5.95 Å². The number of carbonyl (C=O) groups is 1. The first-order valence-electron chi connectivity index (χ1n) is 5.07. The van der Waals surface area contributed by atoms with Crippen LogP contribution in [0.1, 0.15) is 36.9 Å². The number of carboxylic acid groups (broad SMARTS) is 1. The third-order valence-corrected chi connectivity index (χ3v) is 2.79. The van der Waals surface area contributed by atoms with E-state index in [9.17, 15) is 4.79 Å². The molecule has 0 aromatic carbocycles. The van der Waals surface area contributed by atoms with Crippen LogP contribution < -0.4 is 5.32 Å². The molecule has 1 aliphatic heterocycles. The topological polar surface area (TPSA) is 80.0 Å². The first-order valence-corrected chi connectivity index (χ1v) is 5.07. The molecule has 0 aliphatic carbocycles. The number of aromatic nitrogens is 3. The van der Waals surface area contributed by atoms with Crippen molar-refractivity contribution in [1.29, 1.82) is 0 Å². The highest BCUT2D eigenvalue weighted by molar-refractivity contribution is 5.83. The molecule has 2 heterocycles. The van der Waals surface area contributed by atoms with Crippen molar-refractivity contribution in [2.45, 2.75) is 26.3 Å². The fourth-order valence-electron chi connectivity index (χ4n) is 1.97. The van der Waals surface area contributed by atoms with Gasteiger partial charge in [0, 0.05) is 6.54 Å². The molecule has 15 heavy (non-hydrogen) atoms. The van der Waals surface area contributed by atoms with Gasteiger partial charge in [-0.25, -0.2) is 9.48 Å². The number of rotatable bonds is 2. The first kappa shape index (κ1) is 9.95. The molecule has 2 atom stereocenters. The van der Waals surface area contributed by atoms with Crippen molar-refractivity contribution >= 4 is 11.9 Å². The molecular weight excluding hydrogens is 196 g/mol. The zero-order valence-corrected chi connectivity index (χ0v) is 8.77. The molecule has 0 radical (unpaired) electrons. The van der Waals surface area contributed by atoms with E-state index in [1.165, 1.54) is 0 Å². The third kappa shape index (κ3) is 1.55. The van der Waals surface area contributed by atoms with Gasteiger partial charge in [0.1, 0.15) is 0 Å². The number of fused-ring (bicyclic) bond motifs is 1. The van der Waals surface area contributed by atoms with Crippen molar-refractivity contribution in [3.05, 3.63) is 5.82 Å². The maximum Gasteiger partial charge on any atom is 0.375 e. The predicted octanol–water partition coefficient (Wildman–Crippen LogP) is 0.989. The Morgan fingerprint density at radius 2 is 2.47 bits per heavy atom. The number of aromatic carboxylic acids is 1. The molecule has 2 N–H and O–H groups in total. The van der Waals surface area contributed by atoms with Crippen molar-refractivity contribution in [3.8, 4) is 0 Å². The van der Waals surface area contributed by atoms with Gasteiger partial charge in [-0.05, 0) is 12.3 Å². The smallest absolute Gasteiger partial charge is 0.375 e. The number of hydrogen-bond acceptors (Lipinski definition) is 4. The van der Waals surface area contributed by atoms with Crippen molar-refractivity contribution in [2.75, 3.05) is 11.9 Å². The summed E-state index contributed by atoms with van der Waals surface area (Å²) >= 11 is 0.